The third-order valence-electron chi connectivity index (χ3n) is 2.32. The fraction of sp³-hybridized carbons (Fsp3) is 0.167. The molecule has 0 amide bonds. The predicted octanol–water partition coefficient (Wildman–Crippen LogP) is 3.41. The molecule has 3 nitrogen and oxygen atoms in total. The zero-order chi connectivity index (χ0) is 11.4. The first-order valence-corrected chi connectivity index (χ1v) is 5.82. The van der Waals surface area contributed by atoms with Gasteiger partial charge < -0.3 is 5.32 Å². The topological polar surface area (TPSA) is 37.8 Å². The summed E-state index contributed by atoms with van der Waals surface area (Å²) in [6.07, 6.45) is 5.05. The van der Waals surface area contributed by atoms with Crippen LogP contribution in [0.2, 0.25) is 0 Å². The van der Waals surface area contributed by atoms with Gasteiger partial charge in [0.2, 0.25) is 0 Å². The number of nitrogens with zero attached hydrogens (tertiary/aromatic N) is 2. The van der Waals surface area contributed by atoms with Gasteiger partial charge in [0.05, 0.1) is 18.1 Å². The van der Waals surface area contributed by atoms with Crippen molar-refractivity contribution < 1.29 is 0 Å². The van der Waals surface area contributed by atoms with Crippen molar-refractivity contribution in [3.8, 4) is 0 Å². The number of aromatic nitrogens is 2. The van der Waals surface area contributed by atoms with Gasteiger partial charge in [-0.25, -0.2) is 9.97 Å². The highest BCUT2D eigenvalue weighted by Crippen LogP contribution is 2.25. The Morgan fingerprint density at radius 1 is 1.19 bits per heavy atom. The van der Waals surface area contributed by atoms with Crippen molar-refractivity contribution in [1.29, 1.82) is 0 Å². The van der Waals surface area contributed by atoms with Gasteiger partial charge in [0.15, 0.2) is 0 Å². The number of hydrogen-bond donors (Lipinski definition) is 1. The molecule has 0 bridgehead atoms. The van der Waals surface area contributed by atoms with E-state index < -0.39 is 0 Å². The third kappa shape index (κ3) is 2.58. The molecule has 0 spiro atoms. The van der Waals surface area contributed by atoms with Crippen molar-refractivity contribution in [2.24, 2.45) is 0 Å². The predicted molar refractivity (Wildman–Crippen MR) is 68.2 cm³/mol. The summed E-state index contributed by atoms with van der Waals surface area (Å²) in [5.74, 6) is 0. The summed E-state index contributed by atoms with van der Waals surface area (Å²) in [5, 5.41) is 3.34. The van der Waals surface area contributed by atoms with Crippen LogP contribution in [0.5, 0.6) is 0 Å². The maximum atomic E-state index is 3.97. The highest BCUT2D eigenvalue weighted by Gasteiger charge is 2.08. The van der Waals surface area contributed by atoms with E-state index in [0.29, 0.717) is 0 Å². The summed E-state index contributed by atoms with van der Waals surface area (Å²) in [7, 11) is 0. The van der Waals surface area contributed by atoms with E-state index in [1.807, 2.05) is 18.2 Å². The summed E-state index contributed by atoms with van der Waals surface area (Å²) < 4.78 is 1.10. The van der Waals surface area contributed by atoms with Crippen molar-refractivity contribution >= 4 is 21.6 Å². The zero-order valence-electron chi connectivity index (χ0n) is 8.89. The molecule has 2 rings (SSSR count). The van der Waals surface area contributed by atoms with Gasteiger partial charge in [0.25, 0.3) is 0 Å². The van der Waals surface area contributed by atoms with Crippen LogP contribution in [-0.2, 0) is 0 Å². The van der Waals surface area contributed by atoms with Crippen molar-refractivity contribution in [2.45, 2.75) is 13.0 Å². The van der Waals surface area contributed by atoms with E-state index in [9.17, 15) is 0 Å². The van der Waals surface area contributed by atoms with Gasteiger partial charge in [0, 0.05) is 10.5 Å². The molecule has 82 valence electrons. The Morgan fingerprint density at radius 2 is 1.88 bits per heavy atom. The van der Waals surface area contributed by atoms with E-state index in [0.717, 1.165) is 10.2 Å². The van der Waals surface area contributed by atoms with E-state index in [2.05, 4.69) is 44.2 Å². The smallest absolute Gasteiger partial charge is 0.115 e. The summed E-state index contributed by atoms with van der Waals surface area (Å²) in [5.41, 5.74) is 2.14. The molecule has 1 N–H and O–H groups in total. The lowest BCUT2D eigenvalue weighted by Gasteiger charge is -2.16. The molecule has 0 saturated carbocycles. The largest absolute Gasteiger partial charge is 0.376 e. The van der Waals surface area contributed by atoms with E-state index in [1.54, 1.807) is 12.4 Å². The molecule has 1 heterocycles. The van der Waals surface area contributed by atoms with Gasteiger partial charge in [-0.2, -0.15) is 0 Å². The quantitative estimate of drug-likeness (QED) is 0.934. The van der Waals surface area contributed by atoms with E-state index >= 15 is 0 Å². The maximum Gasteiger partial charge on any atom is 0.115 e. The Morgan fingerprint density at radius 3 is 2.56 bits per heavy atom. The van der Waals surface area contributed by atoms with Crippen LogP contribution in [-0.4, -0.2) is 9.97 Å². The van der Waals surface area contributed by atoms with Crippen LogP contribution in [0.3, 0.4) is 0 Å². The number of rotatable bonds is 3. The third-order valence-corrected chi connectivity index (χ3v) is 3.04. The van der Waals surface area contributed by atoms with Gasteiger partial charge in [-0.3, -0.25) is 0 Å². The molecule has 0 saturated heterocycles. The molecule has 0 aliphatic rings. The first-order chi connectivity index (χ1) is 7.77. The molecule has 1 aromatic carbocycles. The van der Waals surface area contributed by atoms with Crippen LogP contribution in [0.1, 0.15) is 18.5 Å². The summed E-state index contributed by atoms with van der Waals surface area (Å²) >= 11 is 3.54. The Bertz CT molecular complexity index is 459. The van der Waals surface area contributed by atoms with Crippen LogP contribution in [0, 0.1) is 0 Å². The van der Waals surface area contributed by atoms with Crippen LogP contribution < -0.4 is 5.32 Å². The monoisotopic (exact) mass is 277 g/mol. The molecule has 0 aliphatic heterocycles. The first kappa shape index (κ1) is 11.1. The van der Waals surface area contributed by atoms with E-state index in [1.165, 1.54) is 11.9 Å². The van der Waals surface area contributed by atoms with Crippen molar-refractivity contribution in [2.75, 3.05) is 5.32 Å². The summed E-state index contributed by atoms with van der Waals surface area (Å²) in [4.78, 5) is 7.94. The van der Waals surface area contributed by atoms with E-state index in [4.69, 9.17) is 0 Å². The molecule has 16 heavy (non-hydrogen) atoms. The second kappa shape index (κ2) is 5.07. The van der Waals surface area contributed by atoms with Crippen LogP contribution in [0.4, 0.5) is 5.69 Å². The van der Waals surface area contributed by atoms with Gasteiger partial charge in [-0.05, 0) is 18.6 Å². The van der Waals surface area contributed by atoms with Crippen LogP contribution in [0.25, 0.3) is 0 Å². The van der Waals surface area contributed by atoms with Crippen molar-refractivity contribution in [3.63, 3.8) is 0 Å². The first-order valence-electron chi connectivity index (χ1n) is 5.03. The molecule has 4 heteroatoms. The minimum atomic E-state index is 0.210. The average molecular weight is 278 g/mol. The molecule has 1 atom stereocenters. The van der Waals surface area contributed by atoms with Gasteiger partial charge >= 0.3 is 0 Å². The SMILES string of the molecule is CC(Nc1cncnc1)c1ccccc1Br. The highest BCUT2D eigenvalue weighted by molar-refractivity contribution is 9.10. The Hall–Kier alpha value is -1.42. The van der Waals surface area contributed by atoms with Gasteiger partial charge in [0.1, 0.15) is 6.33 Å². The molecular formula is C12H12BrN3. The molecule has 0 aliphatic carbocycles. The fourth-order valence-corrected chi connectivity index (χ4v) is 2.16. The van der Waals surface area contributed by atoms with Gasteiger partial charge in [-0.15, -0.1) is 0 Å². The molecular weight excluding hydrogens is 266 g/mol. The van der Waals surface area contributed by atoms with Crippen molar-refractivity contribution in [3.05, 3.63) is 53.0 Å². The lowest BCUT2D eigenvalue weighted by Crippen LogP contribution is -2.07. The summed E-state index contributed by atoms with van der Waals surface area (Å²) in [6.45, 7) is 2.10. The number of benzene rings is 1. The number of anilines is 1. The second-order valence-corrected chi connectivity index (χ2v) is 4.37. The van der Waals surface area contributed by atoms with Crippen LogP contribution >= 0.6 is 15.9 Å². The summed E-state index contributed by atoms with van der Waals surface area (Å²) in [6, 6.07) is 8.37. The molecule has 2 aromatic rings. The van der Waals surface area contributed by atoms with Gasteiger partial charge in [-0.1, -0.05) is 34.1 Å². The number of hydrogen-bond acceptors (Lipinski definition) is 3. The molecule has 1 aromatic heterocycles. The normalized spacial score (nSPS) is 12.1. The Labute approximate surface area is 103 Å². The minimum Gasteiger partial charge on any atom is -0.376 e. The molecule has 0 radical (unpaired) electrons. The molecule has 0 fully saturated rings. The maximum absolute atomic E-state index is 3.97. The van der Waals surface area contributed by atoms with E-state index in [-0.39, 0.29) is 6.04 Å². The van der Waals surface area contributed by atoms with Crippen LogP contribution in [0.15, 0.2) is 47.5 Å². The fourth-order valence-electron chi connectivity index (χ4n) is 1.53. The highest BCUT2D eigenvalue weighted by atomic mass is 79.9. The lowest BCUT2D eigenvalue weighted by atomic mass is 10.1. The Balaban J connectivity index is 2.15. The molecule has 1 unspecified atom stereocenters. The Kier molecular flexibility index (Phi) is 3.51. The van der Waals surface area contributed by atoms with Crippen molar-refractivity contribution in [1.82, 2.24) is 9.97 Å². The second-order valence-electron chi connectivity index (χ2n) is 3.51. The number of nitrogens with one attached hydrogen (secondary N) is 1. The average Bonchev–Trinajstić information content (AvgIpc) is 2.31. The zero-order valence-corrected chi connectivity index (χ0v) is 10.5. The minimum absolute atomic E-state index is 0.210. The standard InChI is InChI=1S/C12H12BrN3/c1-9(11-4-2-3-5-12(11)13)16-10-6-14-8-15-7-10/h2-9,16H,1H3. The lowest BCUT2D eigenvalue weighted by molar-refractivity contribution is 0.874. The number of halogens is 1.